The Morgan fingerprint density at radius 1 is 1.25 bits per heavy atom. The van der Waals surface area contributed by atoms with Gasteiger partial charge in [-0.1, -0.05) is 12.1 Å². The molecule has 6 nitrogen and oxygen atoms in total. The van der Waals surface area contributed by atoms with Crippen molar-refractivity contribution in [2.24, 2.45) is 5.92 Å². The molecule has 1 aromatic carbocycles. The molecule has 130 valence electrons. The lowest BCUT2D eigenvalue weighted by atomic mass is 10.0. The van der Waals surface area contributed by atoms with E-state index in [-0.39, 0.29) is 35.7 Å². The summed E-state index contributed by atoms with van der Waals surface area (Å²) >= 11 is 0. The van der Waals surface area contributed by atoms with Crippen molar-refractivity contribution in [3.05, 3.63) is 29.8 Å². The van der Waals surface area contributed by atoms with Gasteiger partial charge >= 0.3 is 0 Å². The summed E-state index contributed by atoms with van der Waals surface area (Å²) in [6.07, 6.45) is 2.34. The van der Waals surface area contributed by atoms with Gasteiger partial charge in [-0.3, -0.25) is 9.59 Å². The Morgan fingerprint density at radius 3 is 2.58 bits per heavy atom. The maximum absolute atomic E-state index is 11.9. The fourth-order valence-corrected chi connectivity index (χ4v) is 5.14. The van der Waals surface area contributed by atoms with Gasteiger partial charge < -0.3 is 10.2 Å². The van der Waals surface area contributed by atoms with E-state index in [1.165, 1.54) is 0 Å². The third-order valence-corrected chi connectivity index (χ3v) is 6.45. The van der Waals surface area contributed by atoms with Gasteiger partial charge in [-0.25, -0.2) is 8.42 Å². The molecule has 1 atom stereocenters. The highest BCUT2D eigenvalue weighted by atomic mass is 32.2. The Hall–Kier alpha value is -1.89. The molecular formula is C17H22N2O4S. The molecule has 2 heterocycles. The number of nitrogens with one attached hydrogen (secondary N) is 1. The first-order chi connectivity index (χ1) is 11.4. The number of hydrogen-bond acceptors (Lipinski definition) is 4. The van der Waals surface area contributed by atoms with E-state index in [1.54, 1.807) is 4.90 Å². The minimum Gasteiger partial charge on any atom is -0.352 e. The quantitative estimate of drug-likeness (QED) is 0.866. The SMILES string of the molecule is O=C(C[C@H]1CCS(=O)(=O)C1)NCc1ccc(N2CCCC2=O)cc1. The fourth-order valence-electron chi connectivity index (χ4n) is 3.28. The molecule has 2 fully saturated rings. The number of benzene rings is 1. The molecule has 0 aliphatic carbocycles. The van der Waals surface area contributed by atoms with Crippen LogP contribution in [0.15, 0.2) is 24.3 Å². The molecule has 0 unspecified atom stereocenters. The Kier molecular flexibility index (Phi) is 4.89. The molecule has 2 aliphatic rings. The number of carbonyl (C=O) groups excluding carboxylic acids is 2. The fraction of sp³-hybridized carbons (Fsp3) is 0.529. The summed E-state index contributed by atoms with van der Waals surface area (Å²) in [6.45, 7) is 1.17. The zero-order valence-corrected chi connectivity index (χ0v) is 14.3. The molecule has 24 heavy (non-hydrogen) atoms. The Morgan fingerprint density at radius 2 is 2.00 bits per heavy atom. The third kappa shape index (κ3) is 4.14. The van der Waals surface area contributed by atoms with Gasteiger partial charge in [0.25, 0.3) is 0 Å². The molecule has 2 saturated heterocycles. The van der Waals surface area contributed by atoms with Crippen molar-refractivity contribution in [3.8, 4) is 0 Å². The zero-order valence-electron chi connectivity index (χ0n) is 13.5. The summed E-state index contributed by atoms with van der Waals surface area (Å²) in [5, 5.41) is 2.84. The van der Waals surface area contributed by atoms with Crippen molar-refractivity contribution in [1.82, 2.24) is 5.32 Å². The van der Waals surface area contributed by atoms with E-state index in [1.807, 2.05) is 24.3 Å². The molecule has 2 aliphatic heterocycles. The van der Waals surface area contributed by atoms with Crippen molar-refractivity contribution in [2.75, 3.05) is 23.0 Å². The molecule has 1 N–H and O–H groups in total. The van der Waals surface area contributed by atoms with Crippen molar-refractivity contribution in [2.45, 2.75) is 32.2 Å². The number of anilines is 1. The molecule has 0 saturated carbocycles. The zero-order chi connectivity index (χ0) is 17.2. The molecule has 3 rings (SSSR count). The normalized spacial score (nSPS) is 22.8. The van der Waals surface area contributed by atoms with Gasteiger partial charge in [0.05, 0.1) is 11.5 Å². The van der Waals surface area contributed by atoms with E-state index in [4.69, 9.17) is 0 Å². The first-order valence-electron chi connectivity index (χ1n) is 8.29. The van der Waals surface area contributed by atoms with Crippen molar-refractivity contribution < 1.29 is 18.0 Å². The number of rotatable bonds is 5. The minimum atomic E-state index is -2.94. The van der Waals surface area contributed by atoms with Crippen LogP contribution in [0.25, 0.3) is 0 Å². The summed E-state index contributed by atoms with van der Waals surface area (Å²) in [6, 6.07) is 7.60. The number of hydrogen-bond donors (Lipinski definition) is 1. The molecule has 0 spiro atoms. The van der Waals surface area contributed by atoms with Crippen LogP contribution >= 0.6 is 0 Å². The Labute approximate surface area is 142 Å². The second-order valence-corrected chi connectivity index (χ2v) is 8.79. The predicted molar refractivity (Wildman–Crippen MR) is 91.3 cm³/mol. The van der Waals surface area contributed by atoms with Crippen LogP contribution < -0.4 is 10.2 Å². The highest BCUT2D eigenvalue weighted by molar-refractivity contribution is 7.91. The van der Waals surface area contributed by atoms with Crippen LogP contribution in [0.2, 0.25) is 0 Å². The number of nitrogens with zero attached hydrogens (tertiary/aromatic N) is 1. The van der Waals surface area contributed by atoms with Crippen LogP contribution in [0.3, 0.4) is 0 Å². The van der Waals surface area contributed by atoms with Crippen LogP contribution in [0.5, 0.6) is 0 Å². The van der Waals surface area contributed by atoms with Gasteiger partial charge in [0.1, 0.15) is 0 Å². The lowest BCUT2D eigenvalue weighted by Crippen LogP contribution is -2.26. The summed E-state index contributed by atoms with van der Waals surface area (Å²) in [4.78, 5) is 25.4. The maximum atomic E-state index is 11.9. The van der Waals surface area contributed by atoms with Crippen LogP contribution in [0, 0.1) is 5.92 Å². The first kappa shape index (κ1) is 17.0. The second-order valence-electron chi connectivity index (χ2n) is 6.57. The highest BCUT2D eigenvalue weighted by Crippen LogP contribution is 2.22. The van der Waals surface area contributed by atoms with Crippen LogP contribution in [-0.4, -0.2) is 38.3 Å². The van der Waals surface area contributed by atoms with Crippen molar-refractivity contribution in [1.29, 1.82) is 0 Å². The molecule has 0 bridgehead atoms. The largest absolute Gasteiger partial charge is 0.352 e. The van der Waals surface area contributed by atoms with E-state index in [0.717, 1.165) is 24.2 Å². The predicted octanol–water partition coefficient (Wildman–Crippen LogP) is 1.25. The highest BCUT2D eigenvalue weighted by Gasteiger charge is 2.29. The average Bonchev–Trinajstić information content (AvgIpc) is 3.11. The first-order valence-corrected chi connectivity index (χ1v) is 10.1. The van der Waals surface area contributed by atoms with Gasteiger partial charge in [0.15, 0.2) is 9.84 Å². The summed E-state index contributed by atoms with van der Waals surface area (Å²) in [7, 11) is -2.94. The van der Waals surface area contributed by atoms with E-state index in [2.05, 4.69) is 5.32 Å². The average molecular weight is 350 g/mol. The van der Waals surface area contributed by atoms with Gasteiger partial charge in [-0.15, -0.1) is 0 Å². The number of sulfone groups is 1. The van der Waals surface area contributed by atoms with Crippen molar-refractivity contribution in [3.63, 3.8) is 0 Å². The maximum Gasteiger partial charge on any atom is 0.227 e. The molecule has 2 amide bonds. The molecular weight excluding hydrogens is 328 g/mol. The second kappa shape index (κ2) is 6.93. The van der Waals surface area contributed by atoms with Gasteiger partial charge in [-0.05, 0) is 36.5 Å². The topological polar surface area (TPSA) is 83.6 Å². The molecule has 0 aromatic heterocycles. The van der Waals surface area contributed by atoms with Crippen LogP contribution in [-0.2, 0) is 26.0 Å². The van der Waals surface area contributed by atoms with Crippen molar-refractivity contribution >= 4 is 27.3 Å². The van der Waals surface area contributed by atoms with Gasteiger partial charge in [-0.2, -0.15) is 0 Å². The van der Waals surface area contributed by atoms with Crippen LogP contribution in [0.4, 0.5) is 5.69 Å². The van der Waals surface area contributed by atoms with E-state index >= 15 is 0 Å². The van der Waals surface area contributed by atoms with Crippen LogP contribution in [0.1, 0.15) is 31.2 Å². The molecule has 1 aromatic rings. The van der Waals surface area contributed by atoms with E-state index in [9.17, 15) is 18.0 Å². The van der Waals surface area contributed by atoms with E-state index in [0.29, 0.717) is 19.4 Å². The van der Waals surface area contributed by atoms with Gasteiger partial charge in [0.2, 0.25) is 11.8 Å². The lowest BCUT2D eigenvalue weighted by Gasteiger charge is -2.16. The Bertz CT molecular complexity index is 727. The number of amides is 2. The standard InChI is InChI=1S/C17H22N2O4S/c20-16(10-14-7-9-24(22,23)12-14)18-11-13-3-5-15(6-4-13)19-8-1-2-17(19)21/h3-6,14H,1-2,7-12H2,(H,18,20)/t14-/m1/s1. The Balaban J connectivity index is 1.48. The molecule has 0 radical (unpaired) electrons. The summed E-state index contributed by atoms with van der Waals surface area (Å²) in [5.41, 5.74) is 1.85. The van der Waals surface area contributed by atoms with Gasteiger partial charge in [0, 0.05) is 31.6 Å². The summed E-state index contributed by atoms with van der Waals surface area (Å²) < 4.78 is 22.8. The number of carbonyl (C=O) groups is 2. The minimum absolute atomic E-state index is 0.0569. The lowest BCUT2D eigenvalue weighted by molar-refractivity contribution is -0.122. The smallest absolute Gasteiger partial charge is 0.227 e. The molecule has 7 heteroatoms. The third-order valence-electron chi connectivity index (χ3n) is 4.61. The monoisotopic (exact) mass is 350 g/mol. The van der Waals surface area contributed by atoms with E-state index < -0.39 is 9.84 Å². The summed E-state index contributed by atoms with van der Waals surface area (Å²) in [5.74, 6) is 0.303.